The topological polar surface area (TPSA) is 35.9 Å². The zero-order chi connectivity index (χ0) is 20.9. The molecule has 8 heteroatoms. The summed E-state index contributed by atoms with van der Waals surface area (Å²) in [5.74, 6) is 0. The number of hydrogen-bond acceptors (Lipinski definition) is 4. The highest BCUT2D eigenvalue weighted by atomic mass is 35.5. The molecule has 1 fully saturated rings. The van der Waals surface area contributed by atoms with Gasteiger partial charge in [-0.15, -0.1) is 0 Å². The van der Waals surface area contributed by atoms with Crippen LogP contribution in [0.5, 0.6) is 0 Å². The fraction of sp³-hybridized carbons (Fsp3) is 0.429. The summed E-state index contributed by atoms with van der Waals surface area (Å²) in [5.41, 5.74) is 0.924. The molecule has 0 bridgehead atoms. The van der Waals surface area contributed by atoms with E-state index in [1.807, 2.05) is 17.0 Å². The van der Waals surface area contributed by atoms with Crippen molar-refractivity contribution in [1.29, 1.82) is 0 Å². The van der Waals surface area contributed by atoms with Crippen molar-refractivity contribution in [3.63, 3.8) is 0 Å². The highest BCUT2D eigenvalue weighted by Gasteiger charge is 2.31. The number of benzene rings is 2. The van der Waals surface area contributed by atoms with Gasteiger partial charge < -0.3 is 14.7 Å². The molecule has 4 nitrogen and oxygen atoms in total. The van der Waals surface area contributed by atoms with Crippen LogP contribution in [0, 0.1) is 0 Å². The van der Waals surface area contributed by atoms with Crippen molar-refractivity contribution in [3.8, 4) is 0 Å². The molecule has 0 radical (unpaired) electrons. The summed E-state index contributed by atoms with van der Waals surface area (Å²) >= 11 is 5.84. The maximum absolute atomic E-state index is 12.9. The number of aliphatic hydroxyl groups excluding tert-OH is 1. The largest absolute Gasteiger partial charge is 0.416 e. The average molecular weight is 429 g/mol. The number of rotatable bonds is 7. The van der Waals surface area contributed by atoms with Crippen molar-refractivity contribution in [3.05, 3.63) is 64.7 Å². The minimum absolute atomic E-state index is 0.219. The summed E-state index contributed by atoms with van der Waals surface area (Å²) in [6, 6.07) is 12.7. The summed E-state index contributed by atoms with van der Waals surface area (Å²) in [7, 11) is 0. The Morgan fingerprint density at radius 3 is 2.38 bits per heavy atom. The van der Waals surface area contributed by atoms with Crippen LogP contribution in [0.2, 0.25) is 5.02 Å². The molecule has 0 amide bonds. The zero-order valence-corrected chi connectivity index (χ0v) is 16.7. The van der Waals surface area contributed by atoms with Gasteiger partial charge in [0.05, 0.1) is 24.9 Å². The number of anilines is 1. The molecule has 1 aliphatic heterocycles. The quantitative estimate of drug-likeness (QED) is 0.721. The third-order valence-corrected chi connectivity index (χ3v) is 5.12. The van der Waals surface area contributed by atoms with Crippen LogP contribution in [0.25, 0.3) is 0 Å². The lowest BCUT2D eigenvalue weighted by atomic mass is 10.1. The van der Waals surface area contributed by atoms with Gasteiger partial charge in [0.15, 0.2) is 0 Å². The molecule has 0 aliphatic carbocycles. The van der Waals surface area contributed by atoms with Crippen LogP contribution in [0.3, 0.4) is 0 Å². The first-order valence-electron chi connectivity index (χ1n) is 9.46. The highest BCUT2D eigenvalue weighted by Crippen LogP contribution is 2.31. The van der Waals surface area contributed by atoms with Gasteiger partial charge in [-0.05, 0) is 35.9 Å². The van der Waals surface area contributed by atoms with Gasteiger partial charge in [-0.25, -0.2) is 0 Å². The molecule has 1 atom stereocenters. The summed E-state index contributed by atoms with van der Waals surface area (Å²) < 4.78 is 44.3. The van der Waals surface area contributed by atoms with Gasteiger partial charge in [-0.1, -0.05) is 29.8 Å². The minimum atomic E-state index is -4.34. The number of piperazine rings is 1. The molecule has 2 aromatic rings. The van der Waals surface area contributed by atoms with Crippen molar-refractivity contribution < 1.29 is 23.0 Å². The second-order valence-electron chi connectivity index (χ2n) is 7.13. The van der Waals surface area contributed by atoms with Gasteiger partial charge in [0.2, 0.25) is 0 Å². The molecule has 158 valence electrons. The van der Waals surface area contributed by atoms with Gasteiger partial charge in [0, 0.05) is 43.4 Å². The van der Waals surface area contributed by atoms with E-state index in [1.54, 1.807) is 18.2 Å². The molecular weight excluding hydrogens is 405 g/mol. The van der Waals surface area contributed by atoms with Crippen LogP contribution >= 0.6 is 11.6 Å². The number of aliphatic hydroxyl groups is 1. The van der Waals surface area contributed by atoms with Gasteiger partial charge in [0.25, 0.3) is 0 Å². The Balaban J connectivity index is 1.41. The number of β-amino-alcohol motifs (C(OH)–C–C–N with tert-alkyl or cyclic N) is 1. The Kier molecular flexibility index (Phi) is 7.40. The van der Waals surface area contributed by atoms with E-state index in [0.29, 0.717) is 50.0 Å². The molecule has 1 saturated heterocycles. The summed E-state index contributed by atoms with van der Waals surface area (Å²) in [6.45, 7) is 3.65. The lowest BCUT2D eigenvalue weighted by Gasteiger charge is -2.37. The third kappa shape index (κ3) is 6.60. The van der Waals surface area contributed by atoms with Crippen LogP contribution in [0.15, 0.2) is 48.5 Å². The normalized spacial score (nSPS) is 16.8. The first-order valence-corrected chi connectivity index (χ1v) is 9.84. The molecule has 2 aromatic carbocycles. The van der Waals surface area contributed by atoms with E-state index in [9.17, 15) is 18.3 Å². The van der Waals surface area contributed by atoms with Crippen molar-refractivity contribution in [2.75, 3.05) is 44.2 Å². The predicted molar refractivity (Wildman–Crippen MR) is 107 cm³/mol. The van der Waals surface area contributed by atoms with E-state index < -0.39 is 17.8 Å². The summed E-state index contributed by atoms with van der Waals surface area (Å²) in [4.78, 5) is 4.04. The number of alkyl halides is 3. The Morgan fingerprint density at radius 2 is 1.72 bits per heavy atom. The second kappa shape index (κ2) is 9.80. The van der Waals surface area contributed by atoms with Crippen LogP contribution in [0.1, 0.15) is 11.1 Å². The average Bonchev–Trinajstić information content (AvgIpc) is 2.69. The Labute approximate surface area is 173 Å². The molecule has 1 unspecified atom stereocenters. The maximum atomic E-state index is 12.9. The van der Waals surface area contributed by atoms with Crippen molar-refractivity contribution in [2.24, 2.45) is 0 Å². The van der Waals surface area contributed by atoms with Gasteiger partial charge in [-0.3, -0.25) is 4.90 Å². The van der Waals surface area contributed by atoms with E-state index in [2.05, 4.69) is 4.90 Å². The second-order valence-corrected chi connectivity index (χ2v) is 7.57. The lowest BCUT2D eigenvalue weighted by molar-refractivity contribution is -0.137. The number of halogens is 4. The summed E-state index contributed by atoms with van der Waals surface area (Å²) in [6.07, 6.45) is -4.96. The Bertz CT molecular complexity index is 778. The first-order chi connectivity index (χ1) is 13.8. The van der Waals surface area contributed by atoms with Crippen LogP contribution < -0.4 is 4.90 Å². The van der Waals surface area contributed by atoms with Crippen LogP contribution in [-0.4, -0.2) is 55.4 Å². The summed E-state index contributed by atoms with van der Waals surface area (Å²) in [5, 5.41) is 10.9. The molecule has 3 rings (SSSR count). The van der Waals surface area contributed by atoms with Crippen LogP contribution in [-0.2, 0) is 17.5 Å². The Hall–Kier alpha value is -1.80. The number of ether oxygens (including phenoxy) is 1. The molecule has 0 aromatic heterocycles. The SMILES string of the molecule is OC(COCc1ccc(Cl)cc1)CN1CCN(c2cccc(C(F)(F)F)c2)CC1. The van der Waals surface area contributed by atoms with E-state index in [-0.39, 0.29) is 6.61 Å². The van der Waals surface area contributed by atoms with Gasteiger partial charge in [-0.2, -0.15) is 13.2 Å². The molecule has 1 N–H and O–H groups in total. The third-order valence-electron chi connectivity index (χ3n) is 4.87. The molecule has 1 heterocycles. The molecular formula is C21H24ClF3N2O2. The van der Waals surface area contributed by atoms with Gasteiger partial charge >= 0.3 is 6.18 Å². The smallest absolute Gasteiger partial charge is 0.389 e. The molecule has 0 spiro atoms. The fourth-order valence-electron chi connectivity index (χ4n) is 3.31. The first kappa shape index (κ1) is 21.9. The standard InChI is InChI=1S/C21H24ClF3N2O2/c22-18-6-4-16(5-7-18)14-29-15-20(28)13-26-8-10-27(11-9-26)19-3-1-2-17(12-19)21(23,24)25/h1-7,12,20,28H,8-11,13-15H2. The Morgan fingerprint density at radius 1 is 1.03 bits per heavy atom. The highest BCUT2D eigenvalue weighted by molar-refractivity contribution is 6.30. The number of nitrogens with zero attached hydrogens (tertiary/aromatic N) is 2. The zero-order valence-electron chi connectivity index (χ0n) is 15.9. The molecule has 0 saturated carbocycles. The minimum Gasteiger partial charge on any atom is -0.389 e. The number of hydrogen-bond donors (Lipinski definition) is 1. The van der Waals surface area contributed by atoms with Crippen molar-refractivity contribution >= 4 is 17.3 Å². The maximum Gasteiger partial charge on any atom is 0.416 e. The van der Waals surface area contributed by atoms with E-state index in [1.165, 1.54) is 12.1 Å². The van der Waals surface area contributed by atoms with Gasteiger partial charge in [0.1, 0.15) is 0 Å². The lowest BCUT2D eigenvalue weighted by Crippen LogP contribution is -2.49. The predicted octanol–water partition coefficient (Wildman–Crippen LogP) is 4.06. The van der Waals surface area contributed by atoms with Crippen molar-refractivity contribution in [2.45, 2.75) is 18.9 Å². The molecule has 1 aliphatic rings. The van der Waals surface area contributed by atoms with Crippen molar-refractivity contribution in [1.82, 2.24) is 4.90 Å². The van der Waals surface area contributed by atoms with E-state index in [4.69, 9.17) is 16.3 Å². The fourth-order valence-corrected chi connectivity index (χ4v) is 3.44. The van der Waals surface area contributed by atoms with E-state index >= 15 is 0 Å². The van der Waals surface area contributed by atoms with E-state index in [0.717, 1.165) is 11.6 Å². The molecule has 29 heavy (non-hydrogen) atoms. The monoisotopic (exact) mass is 428 g/mol. The van der Waals surface area contributed by atoms with Crippen LogP contribution in [0.4, 0.5) is 18.9 Å².